The van der Waals surface area contributed by atoms with Crippen LogP contribution in [0, 0.1) is 17.1 Å². The van der Waals surface area contributed by atoms with Gasteiger partial charge in [0.2, 0.25) is 0 Å². The number of Topliss-reactive ketones (excluding diaryl/α,β-unsaturated/α-hetero) is 1. The van der Waals surface area contributed by atoms with Gasteiger partial charge in [0, 0.05) is 36.5 Å². The third kappa shape index (κ3) is 2.53. The first-order valence-electron chi connectivity index (χ1n) is 5.72. The Hall–Kier alpha value is -1.44. The van der Waals surface area contributed by atoms with Gasteiger partial charge in [-0.25, -0.2) is 4.39 Å². The number of piperidine rings is 1. The van der Waals surface area contributed by atoms with E-state index in [1.165, 1.54) is 12.1 Å². The average molecular weight is 267 g/mol. The van der Waals surface area contributed by atoms with Gasteiger partial charge in [-0.1, -0.05) is 17.7 Å². The number of rotatable bonds is 2. The van der Waals surface area contributed by atoms with E-state index in [2.05, 4.69) is 6.07 Å². The molecule has 0 saturated carbocycles. The molecule has 1 aromatic carbocycles. The highest BCUT2D eigenvalue weighted by molar-refractivity contribution is 6.31. The molecule has 1 saturated heterocycles. The summed E-state index contributed by atoms with van der Waals surface area (Å²) in [6.45, 7) is 0.948. The average Bonchev–Trinajstić information content (AvgIpc) is 2.35. The molecule has 0 radical (unpaired) electrons. The lowest BCUT2D eigenvalue weighted by molar-refractivity contribution is -0.121. The summed E-state index contributed by atoms with van der Waals surface area (Å²) in [5.41, 5.74) is 0.205. The predicted octanol–water partition coefficient (Wildman–Crippen LogP) is 2.71. The molecule has 18 heavy (non-hydrogen) atoms. The number of halogens is 2. The first-order valence-corrected chi connectivity index (χ1v) is 6.10. The van der Waals surface area contributed by atoms with Crippen molar-refractivity contribution in [2.75, 3.05) is 13.1 Å². The molecular weight excluding hydrogens is 255 g/mol. The minimum Gasteiger partial charge on any atom is -0.300 e. The van der Waals surface area contributed by atoms with Gasteiger partial charge in [0.05, 0.1) is 6.07 Å². The van der Waals surface area contributed by atoms with Gasteiger partial charge in [-0.2, -0.15) is 5.26 Å². The zero-order valence-corrected chi connectivity index (χ0v) is 10.5. The lowest BCUT2D eigenvalue weighted by atomic mass is 10.0. The summed E-state index contributed by atoms with van der Waals surface area (Å²) in [5.74, 6) is -0.298. The summed E-state index contributed by atoms with van der Waals surface area (Å²) in [6.07, 6.45) is 0.814. The molecule has 1 aliphatic heterocycles. The summed E-state index contributed by atoms with van der Waals surface area (Å²) in [6, 6.07) is 5.72. The molecule has 1 fully saturated rings. The Morgan fingerprint density at radius 3 is 2.61 bits per heavy atom. The standard InChI is InChI=1S/C13H12ClFN2O/c14-10-2-1-3-11(15)13(10)12(8-16)17-6-4-9(18)5-7-17/h1-3,12H,4-7H2. The van der Waals surface area contributed by atoms with Crippen molar-refractivity contribution in [1.29, 1.82) is 5.26 Å². The minimum atomic E-state index is -0.730. The molecule has 1 atom stereocenters. The van der Waals surface area contributed by atoms with E-state index in [0.29, 0.717) is 25.9 Å². The number of ketones is 1. The molecule has 5 heteroatoms. The van der Waals surface area contributed by atoms with E-state index in [4.69, 9.17) is 11.6 Å². The Kier molecular flexibility index (Phi) is 3.95. The summed E-state index contributed by atoms with van der Waals surface area (Å²) in [7, 11) is 0. The van der Waals surface area contributed by atoms with Crippen molar-refractivity contribution in [2.45, 2.75) is 18.9 Å². The highest BCUT2D eigenvalue weighted by Gasteiger charge is 2.28. The molecule has 0 aliphatic carbocycles. The third-order valence-corrected chi connectivity index (χ3v) is 3.45. The Balaban J connectivity index is 2.29. The molecule has 1 aromatic rings. The van der Waals surface area contributed by atoms with Crippen LogP contribution in [0.15, 0.2) is 18.2 Å². The van der Waals surface area contributed by atoms with Gasteiger partial charge in [-0.15, -0.1) is 0 Å². The summed E-state index contributed by atoms with van der Waals surface area (Å²) in [4.78, 5) is 13.0. The highest BCUT2D eigenvalue weighted by Crippen LogP contribution is 2.30. The van der Waals surface area contributed by atoms with Crippen LogP contribution in [-0.2, 0) is 4.79 Å². The second-order valence-corrected chi connectivity index (χ2v) is 4.65. The van der Waals surface area contributed by atoms with Gasteiger partial charge in [-0.3, -0.25) is 9.69 Å². The number of nitriles is 1. The van der Waals surface area contributed by atoms with Crippen molar-refractivity contribution in [2.24, 2.45) is 0 Å². The maximum atomic E-state index is 13.8. The third-order valence-electron chi connectivity index (χ3n) is 3.12. The molecule has 1 aliphatic rings. The Morgan fingerprint density at radius 1 is 1.39 bits per heavy atom. The number of carbonyl (C=O) groups excluding carboxylic acids is 1. The lowest BCUT2D eigenvalue weighted by Crippen LogP contribution is -2.36. The van der Waals surface area contributed by atoms with Crippen LogP contribution in [0.25, 0.3) is 0 Å². The summed E-state index contributed by atoms with van der Waals surface area (Å²) < 4.78 is 13.8. The normalized spacial score (nSPS) is 18.4. The van der Waals surface area contributed by atoms with Crippen molar-refractivity contribution in [3.63, 3.8) is 0 Å². The quantitative estimate of drug-likeness (QED) is 0.827. The number of nitrogens with zero attached hydrogens (tertiary/aromatic N) is 2. The predicted molar refractivity (Wildman–Crippen MR) is 65.6 cm³/mol. The maximum absolute atomic E-state index is 13.8. The first-order chi connectivity index (χ1) is 8.63. The molecule has 1 heterocycles. The SMILES string of the molecule is N#CC(c1c(F)cccc1Cl)N1CCC(=O)CC1. The lowest BCUT2D eigenvalue weighted by Gasteiger charge is -2.30. The summed E-state index contributed by atoms with van der Waals surface area (Å²) in [5, 5.41) is 9.49. The van der Waals surface area contributed by atoms with Crippen LogP contribution in [0.1, 0.15) is 24.4 Å². The van der Waals surface area contributed by atoms with Crippen LogP contribution in [0.2, 0.25) is 5.02 Å². The highest BCUT2D eigenvalue weighted by atomic mass is 35.5. The fourth-order valence-corrected chi connectivity index (χ4v) is 2.40. The zero-order chi connectivity index (χ0) is 13.1. The molecule has 0 amide bonds. The monoisotopic (exact) mass is 266 g/mol. The van der Waals surface area contributed by atoms with Crippen molar-refractivity contribution in [3.8, 4) is 6.07 Å². The Bertz CT molecular complexity index is 482. The van der Waals surface area contributed by atoms with E-state index in [1.54, 1.807) is 11.0 Å². The molecule has 3 nitrogen and oxygen atoms in total. The molecule has 0 aromatic heterocycles. The van der Waals surface area contributed by atoms with E-state index in [9.17, 15) is 14.4 Å². The molecule has 2 rings (SSSR count). The zero-order valence-electron chi connectivity index (χ0n) is 9.70. The largest absolute Gasteiger partial charge is 0.300 e. The molecular formula is C13H12ClFN2O. The van der Waals surface area contributed by atoms with Gasteiger partial charge in [0.15, 0.2) is 0 Å². The van der Waals surface area contributed by atoms with Crippen LogP contribution in [0.4, 0.5) is 4.39 Å². The van der Waals surface area contributed by atoms with Crippen molar-refractivity contribution >= 4 is 17.4 Å². The van der Waals surface area contributed by atoms with Crippen molar-refractivity contribution in [1.82, 2.24) is 4.90 Å². The molecule has 1 unspecified atom stereocenters. The van der Waals surface area contributed by atoms with Crippen LogP contribution in [0.5, 0.6) is 0 Å². The maximum Gasteiger partial charge on any atom is 0.135 e. The summed E-state index contributed by atoms with van der Waals surface area (Å²) >= 11 is 5.97. The van der Waals surface area contributed by atoms with Crippen LogP contribution >= 0.6 is 11.6 Å². The van der Waals surface area contributed by atoms with E-state index >= 15 is 0 Å². The van der Waals surface area contributed by atoms with Gasteiger partial charge in [0.25, 0.3) is 0 Å². The molecule has 0 spiro atoms. The van der Waals surface area contributed by atoms with Gasteiger partial charge in [0.1, 0.15) is 17.6 Å². The van der Waals surface area contributed by atoms with Crippen molar-refractivity contribution < 1.29 is 9.18 Å². The van der Waals surface area contributed by atoms with Gasteiger partial charge in [-0.05, 0) is 12.1 Å². The van der Waals surface area contributed by atoms with E-state index in [0.717, 1.165) is 0 Å². The number of hydrogen-bond donors (Lipinski definition) is 0. The molecule has 0 bridgehead atoms. The van der Waals surface area contributed by atoms with Crippen molar-refractivity contribution in [3.05, 3.63) is 34.6 Å². The fourth-order valence-electron chi connectivity index (χ4n) is 2.13. The van der Waals surface area contributed by atoms with Gasteiger partial charge >= 0.3 is 0 Å². The Labute approximate surface area is 110 Å². The topological polar surface area (TPSA) is 44.1 Å². The number of likely N-dealkylation sites (tertiary alicyclic amines) is 1. The number of hydrogen-bond acceptors (Lipinski definition) is 3. The number of carbonyl (C=O) groups is 1. The Morgan fingerprint density at radius 2 is 2.06 bits per heavy atom. The van der Waals surface area contributed by atoms with E-state index < -0.39 is 11.9 Å². The minimum absolute atomic E-state index is 0.183. The van der Waals surface area contributed by atoms with Gasteiger partial charge < -0.3 is 0 Å². The first kappa shape index (κ1) is 13.0. The molecule has 0 N–H and O–H groups in total. The number of benzene rings is 1. The smallest absolute Gasteiger partial charge is 0.135 e. The fraction of sp³-hybridized carbons (Fsp3) is 0.385. The van der Waals surface area contributed by atoms with Crippen LogP contribution < -0.4 is 0 Å². The molecule has 94 valence electrons. The van der Waals surface area contributed by atoms with E-state index in [-0.39, 0.29) is 16.4 Å². The van der Waals surface area contributed by atoms with E-state index in [1.807, 2.05) is 0 Å². The second kappa shape index (κ2) is 5.47. The second-order valence-electron chi connectivity index (χ2n) is 4.24. The van der Waals surface area contributed by atoms with Crippen LogP contribution in [-0.4, -0.2) is 23.8 Å². The van der Waals surface area contributed by atoms with Crippen LogP contribution in [0.3, 0.4) is 0 Å².